The Morgan fingerprint density at radius 3 is 2.84 bits per heavy atom. The number of benzene rings is 1. The van der Waals surface area contributed by atoms with E-state index in [1.807, 2.05) is 24.3 Å². The number of aliphatic hydroxyl groups excluding tert-OH is 1. The van der Waals surface area contributed by atoms with Gasteiger partial charge in [0, 0.05) is 10.9 Å². The molecule has 2 rings (SSSR count). The standard InChI is InChI=1S/C14H12ClNO3/c1-8(14(18)19-2)12(17)10-7-9-5-3-4-6-11(9)16-13(10)15/h3-7,12,17H,1H2,2H3. The molecule has 0 amide bonds. The van der Waals surface area contributed by atoms with Crippen LogP contribution in [0.1, 0.15) is 11.7 Å². The molecule has 1 aromatic heterocycles. The molecule has 0 aliphatic carbocycles. The van der Waals surface area contributed by atoms with Crippen molar-refractivity contribution in [3.05, 3.63) is 53.2 Å². The maximum atomic E-state index is 11.4. The number of aliphatic hydroxyl groups is 1. The van der Waals surface area contributed by atoms with E-state index in [-0.39, 0.29) is 10.7 Å². The minimum absolute atomic E-state index is 0.0820. The SMILES string of the molecule is C=C(C(=O)OC)C(O)c1cc2ccccc2nc1Cl. The van der Waals surface area contributed by atoms with Crippen molar-refractivity contribution in [3.63, 3.8) is 0 Å². The third kappa shape index (κ3) is 2.59. The van der Waals surface area contributed by atoms with Crippen LogP contribution in [0.2, 0.25) is 5.15 Å². The molecular formula is C14H12ClNO3. The van der Waals surface area contributed by atoms with E-state index in [1.54, 1.807) is 6.07 Å². The average molecular weight is 278 g/mol. The number of ether oxygens (including phenoxy) is 1. The summed E-state index contributed by atoms with van der Waals surface area (Å²) in [6.45, 7) is 3.51. The Hall–Kier alpha value is -1.91. The largest absolute Gasteiger partial charge is 0.466 e. The number of hydrogen-bond donors (Lipinski definition) is 1. The highest BCUT2D eigenvalue weighted by Gasteiger charge is 2.22. The van der Waals surface area contributed by atoms with Crippen LogP contribution in [-0.2, 0) is 9.53 Å². The van der Waals surface area contributed by atoms with Crippen LogP contribution in [0.4, 0.5) is 0 Å². The van der Waals surface area contributed by atoms with Gasteiger partial charge in [0.25, 0.3) is 0 Å². The number of carbonyl (C=O) groups excluding carboxylic acids is 1. The molecule has 0 spiro atoms. The van der Waals surface area contributed by atoms with Crippen LogP contribution < -0.4 is 0 Å². The molecule has 1 heterocycles. The minimum Gasteiger partial charge on any atom is -0.466 e. The number of rotatable bonds is 3. The van der Waals surface area contributed by atoms with Crippen LogP contribution in [0.5, 0.6) is 0 Å². The van der Waals surface area contributed by atoms with Gasteiger partial charge in [0.1, 0.15) is 11.3 Å². The van der Waals surface area contributed by atoms with E-state index in [2.05, 4.69) is 16.3 Å². The molecule has 1 N–H and O–H groups in total. The highest BCUT2D eigenvalue weighted by Crippen LogP contribution is 2.29. The summed E-state index contributed by atoms with van der Waals surface area (Å²) in [7, 11) is 1.22. The summed E-state index contributed by atoms with van der Waals surface area (Å²) >= 11 is 6.03. The summed E-state index contributed by atoms with van der Waals surface area (Å²) in [4.78, 5) is 15.5. The average Bonchev–Trinajstić information content (AvgIpc) is 2.44. The van der Waals surface area contributed by atoms with Crippen molar-refractivity contribution in [2.24, 2.45) is 0 Å². The van der Waals surface area contributed by atoms with Crippen LogP contribution in [0.25, 0.3) is 10.9 Å². The van der Waals surface area contributed by atoms with Gasteiger partial charge in [-0.2, -0.15) is 0 Å². The molecule has 0 aliphatic heterocycles. The molecule has 4 nitrogen and oxygen atoms in total. The van der Waals surface area contributed by atoms with Crippen molar-refractivity contribution in [1.82, 2.24) is 4.98 Å². The first kappa shape index (κ1) is 13.5. The lowest BCUT2D eigenvalue weighted by molar-refractivity contribution is -0.137. The molecule has 1 atom stereocenters. The fraction of sp³-hybridized carbons (Fsp3) is 0.143. The second-order valence-corrected chi connectivity index (χ2v) is 4.34. The molecule has 1 aromatic carbocycles. The molecular weight excluding hydrogens is 266 g/mol. The molecule has 2 aromatic rings. The summed E-state index contributed by atoms with van der Waals surface area (Å²) in [5.41, 5.74) is 0.962. The number of pyridine rings is 1. The molecule has 5 heteroatoms. The van der Waals surface area contributed by atoms with Crippen molar-refractivity contribution >= 4 is 28.5 Å². The van der Waals surface area contributed by atoms with E-state index < -0.39 is 12.1 Å². The quantitative estimate of drug-likeness (QED) is 0.532. The molecule has 0 aliphatic rings. The number of carbonyl (C=O) groups is 1. The zero-order valence-corrected chi connectivity index (χ0v) is 11.0. The van der Waals surface area contributed by atoms with Crippen molar-refractivity contribution in [3.8, 4) is 0 Å². The van der Waals surface area contributed by atoms with Crippen LogP contribution in [0.15, 0.2) is 42.5 Å². The summed E-state index contributed by atoms with van der Waals surface area (Å²) in [6, 6.07) is 9.03. The molecule has 19 heavy (non-hydrogen) atoms. The zero-order valence-electron chi connectivity index (χ0n) is 10.3. The highest BCUT2D eigenvalue weighted by molar-refractivity contribution is 6.30. The number of methoxy groups -OCH3 is 1. The number of esters is 1. The van der Waals surface area contributed by atoms with E-state index >= 15 is 0 Å². The van der Waals surface area contributed by atoms with Crippen LogP contribution >= 0.6 is 11.6 Å². The first-order valence-corrected chi connectivity index (χ1v) is 5.92. The molecule has 98 valence electrons. The number of fused-ring (bicyclic) bond motifs is 1. The van der Waals surface area contributed by atoms with E-state index in [4.69, 9.17) is 11.6 Å². The topological polar surface area (TPSA) is 59.4 Å². The summed E-state index contributed by atoms with van der Waals surface area (Å²) in [6.07, 6.45) is -1.24. The maximum absolute atomic E-state index is 11.4. The molecule has 0 fully saturated rings. The first-order valence-electron chi connectivity index (χ1n) is 5.55. The fourth-order valence-corrected chi connectivity index (χ4v) is 1.98. The first-order chi connectivity index (χ1) is 9.04. The minimum atomic E-state index is -1.24. The van der Waals surface area contributed by atoms with E-state index in [9.17, 15) is 9.90 Å². The van der Waals surface area contributed by atoms with Gasteiger partial charge in [-0.05, 0) is 12.1 Å². The van der Waals surface area contributed by atoms with Gasteiger partial charge in [-0.15, -0.1) is 0 Å². The number of hydrogen-bond acceptors (Lipinski definition) is 4. The maximum Gasteiger partial charge on any atom is 0.336 e. The number of para-hydroxylation sites is 1. The number of nitrogens with zero attached hydrogens (tertiary/aromatic N) is 1. The lowest BCUT2D eigenvalue weighted by Gasteiger charge is -2.14. The highest BCUT2D eigenvalue weighted by atomic mass is 35.5. The number of halogens is 1. The molecule has 0 saturated carbocycles. The molecule has 0 radical (unpaired) electrons. The van der Waals surface area contributed by atoms with Gasteiger partial charge in [-0.1, -0.05) is 36.4 Å². The third-order valence-corrected chi connectivity index (χ3v) is 3.08. The van der Waals surface area contributed by atoms with Gasteiger partial charge < -0.3 is 9.84 Å². The van der Waals surface area contributed by atoms with Crippen molar-refractivity contribution in [2.45, 2.75) is 6.10 Å². The Morgan fingerprint density at radius 1 is 1.47 bits per heavy atom. The summed E-state index contributed by atoms with van der Waals surface area (Å²) in [5.74, 6) is -0.684. The van der Waals surface area contributed by atoms with Crippen LogP contribution in [0, 0.1) is 0 Å². The van der Waals surface area contributed by atoms with Gasteiger partial charge in [0.15, 0.2) is 0 Å². The Bertz CT molecular complexity index is 654. The molecule has 0 bridgehead atoms. The van der Waals surface area contributed by atoms with Gasteiger partial charge >= 0.3 is 5.97 Å². The Morgan fingerprint density at radius 2 is 2.16 bits per heavy atom. The third-order valence-electron chi connectivity index (χ3n) is 2.78. The van der Waals surface area contributed by atoms with E-state index in [0.717, 1.165) is 5.39 Å². The molecule has 1 unspecified atom stereocenters. The summed E-state index contributed by atoms with van der Waals surface area (Å²) < 4.78 is 4.52. The Kier molecular flexibility index (Phi) is 3.83. The van der Waals surface area contributed by atoms with E-state index in [1.165, 1.54) is 7.11 Å². The van der Waals surface area contributed by atoms with Gasteiger partial charge in [-0.3, -0.25) is 0 Å². The molecule has 0 saturated heterocycles. The lowest BCUT2D eigenvalue weighted by atomic mass is 10.0. The van der Waals surface area contributed by atoms with Crippen molar-refractivity contribution in [2.75, 3.05) is 7.11 Å². The lowest BCUT2D eigenvalue weighted by Crippen LogP contribution is -2.12. The van der Waals surface area contributed by atoms with Gasteiger partial charge in [-0.25, -0.2) is 9.78 Å². The Balaban J connectivity index is 2.47. The summed E-state index contributed by atoms with van der Waals surface area (Å²) in [5, 5.41) is 11.1. The smallest absolute Gasteiger partial charge is 0.336 e. The predicted molar refractivity (Wildman–Crippen MR) is 72.9 cm³/mol. The monoisotopic (exact) mass is 277 g/mol. The fourth-order valence-electron chi connectivity index (χ4n) is 1.73. The van der Waals surface area contributed by atoms with E-state index in [0.29, 0.717) is 11.1 Å². The van der Waals surface area contributed by atoms with Crippen LogP contribution in [0.3, 0.4) is 0 Å². The zero-order chi connectivity index (χ0) is 14.0. The van der Waals surface area contributed by atoms with Gasteiger partial charge in [0.05, 0.1) is 18.2 Å². The second-order valence-electron chi connectivity index (χ2n) is 3.98. The van der Waals surface area contributed by atoms with Crippen molar-refractivity contribution in [1.29, 1.82) is 0 Å². The Labute approximate surface area is 115 Å². The second kappa shape index (κ2) is 5.38. The van der Waals surface area contributed by atoms with Gasteiger partial charge in [0.2, 0.25) is 0 Å². The predicted octanol–water partition coefficient (Wildman–Crippen LogP) is 2.65. The van der Waals surface area contributed by atoms with Crippen LogP contribution in [-0.4, -0.2) is 23.2 Å². The van der Waals surface area contributed by atoms with Crippen molar-refractivity contribution < 1.29 is 14.6 Å². The normalized spacial score (nSPS) is 12.2. The number of aromatic nitrogens is 1.